The Labute approximate surface area is 175 Å². The molecule has 1 N–H and O–H groups in total. The second-order valence-electron chi connectivity index (χ2n) is 7.96. The molecule has 4 rings (SSSR count). The molecule has 1 aromatic heterocycles. The first-order chi connectivity index (χ1) is 14.5. The van der Waals surface area contributed by atoms with Crippen LogP contribution < -0.4 is 10.3 Å². The molecular formula is C23H28N2O5. The number of nitrogens with zero attached hydrogens (tertiary/aromatic N) is 2. The lowest BCUT2D eigenvalue weighted by Gasteiger charge is -2.38. The van der Waals surface area contributed by atoms with Gasteiger partial charge in [0.2, 0.25) is 0 Å². The van der Waals surface area contributed by atoms with E-state index in [0.29, 0.717) is 17.9 Å². The molecule has 1 fully saturated rings. The van der Waals surface area contributed by atoms with E-state index in [1.165, 1.54) is 7.11 Å². The molecule has 1 aromatic carbocycles. The first-order valence-electron chi connectivity index (χ1n) is 10.4. The molecule has 7 heteroatoms. The summed E-state index contributed by atoms with van der Waals surface area (Å²) in [5, 5.41) is 10.1. The molecule has 0 spiro atoms. The van der Waals surface area contributed by atoms with Crippen molar-refractivity contribution in [3.8, 4) is 16.9 Å². The Bertz CT molecular complexity index is 1000. The summed E-state index contributed by atoms with van der Waals surface area (Å²) in [7, 11) is 2.98. The first kappa shape index (κ1) is 20.6. The van der Waals surface area contributed by atoms with E-state index >= 15 is 0 Å². The second-order valence-corrected chi connectivity index (χ2v) is 7.96. The van der Waals surface area contributed by atoms with E-state index in [1.807, 2.05) is 36.4 Å². The molecule has 7 nitrogen and oxygen atoms in total. The number of aliphatic hydroxyl groups excluding tert-OH is 1. The number of fused-ring (bicyclic) bond motifs is 4. The molecule has 1 saturated heterocycles. The van der Waals surface area contributed by atoms with Crippen molar-refractivity contribution in [3.63, 3.8) is 0 Å². The molecule has 0 amide bonds. The van der Waals surface area contributed by atoms with Gasteiger partial charge in [0, 0.05) is 36.4 Å². The van der Waals surface area contributed by atoms with Gasteiger partial charge in [0.1, 0.15) is 5.75 Å². The van der Waals surface area contributed by atoms with Crippen molar-refractivity contribution >= 4 is 5.97 Å². The molecule has 0 saturated carbocycles. The Morgan fingerprint density at radius 1 is 1.23 bits per heavy atom. The van der Waals surface area contributed by atoms with Crippen LogP contribution in [-0.4, -0.2) is 54.0 Å². The molecule has 0 radical (unpaired) electrons. The molecule has 30 heavy (non-hydrogen) atoms. The van der Waals surface area contributed by atoms with Gasteiger partial charge in [0.05, 0.1) is 26.2 Å². The van der Waals surface area contributed by atoms with Gasteiger partial charge in [-0.2, -0.15) is 0 Å². The van der Waals surface area contributed by atoms with Crippen LogP contribution in [0.5, 0.6) is 5.75 Å². The lowest BCUT2D eigenvalue weighted by atomic mass is 9.87. The quantitative estimate of drug-likeness (QED) is 0.732. The molecular weight excluding hydrogens is 384 g/mol. The van der Waals surface area contributed by atoms with Crippen molar-refractivity contribution < 1.29 is 19.4 Å². The van der Waals surface area contributed by atoms with Gasteiger partial charge in [-0.05, 0) is 42.8 Å². The molecule has 160 valence electrons. The van der Waals surface area contributed by atoms with Crippen LogP contribution in [0.15, 0.2) is 41.2 Å². The van der Waals surface area contributed by atoms with Gasteiger partial charge in [-0.3, -0.25) is 14.5 Å². The summed E-state index contributed by atoms with van der Waals surface area (Å²) < 4.78 is 12.2. The lowest BCUT2D eigenvalue weighted by molar-refractivity contribution is -0.148. The number of carbonyl (C=O) groups excluding carboxylic acids is 1. The largest absolute Gasteiger partial charge is 0.497 e. The van der Waals surface area contributed by atoms with Crippen LogP contribution >= 0.6 is 0 Å². The number of pyridine rings is 1. The van der Waals surface area contributed by atoms with Gasteiger partial charge in [-0.25, -0.2) is 0 Å². The summed E-state index contributed by atoms with van der Waals surface area (Å²) in [5.41, 5.74) is 2.11. The number of methoxy groups -OCH3 is 2. The normalized spacial score (nSPS) is 25.1. The van der Waals surface area contributed by atoms with Gasteiger partial charge >= 0.3 is 5.97 Å². The molecule has 2 bridgehead atoms. The molecule has 2 aliphatic heterocycles. The van der Waals surface area contributed by atoms with Gasteiger partial charge in [-0.1, -0.05) is 19.1 Å². The van der Waals surface area contributed by atoms with Crippen LogP contribution in [0.1, 0.15) is 25.1 Å². The van der Waals surface area contributed by atoms with Crippen LogP contribution in [0.3, 0.4) is 0 Å². The Morgan fingerprint density at radius 2 is 2.03 bits per heavy atom. The number of esters is 1. The molecule has 3 heterocycles. The number of carbonyl (C=O) groups is 1. The van der Waals surface area contributed by atoms with Crippen molar-refractivity contribution in [2.24, 2.45) is 11.8 Å². The standard InChI is InChI=1S/C23H28N2O5/c1-4-10-24-19-12-25-18(21(24)20(17(19)13-26)23(28)30-3)9-8-16(22(25)27)14-6-5-7-15(11-14)29-2/h5-9,11,17,19-21,26H,4,10,12-13H2,1-3H3/t17-,19-,20+,21+/m0/s1. The lowest BCUT2D eigenvalue weighted by Crippen LogP contribution is -2.46. The van der Waals surface area contributed by atoms with E-state index in [0.717, 1.165) is 24.2 Å². The van der Waals surface area contributed by atoms with E-state index in [1.54, 1.807) is 11.7 Å². The fourth-order valence-corrected chi connectivity index (χ4v) is 5.20. The maximum Gasteiger partial charge on any atom is 0.311 e. The summed E-state index contributed by atoms with van der Waals surface area (Å²) in [5.74, 6) is -0.406. The van der Waals surface area contributed by atoms with E-state index in [-0.39, 0.29) is 36.1 Å². The number of aromatic nitrogens is 1. The maximum absolute atomic E-state index is 13.5. The highest BCUT2D eigenvalue weighted by Gasteiger charge is 2.55. The van der Waals surface area contributed by atoms with E-state index in [2.05, 4.69) is 11.8 Å². The van der Waals surface area contributed by atoms with Gasteiger partial charge in [0.15, 0.2) is 0 Å². The summed E-state index contributed by atoms with van der Waals surface area (Å²) in [6, 6.07) is 10.8. The van der Waals surface area contributed by atoms with E-state index in [4.69, 9.17) is 9.47 Å². The first-order valence-corrected chi connectivity index (χ1v) is 10.4. The summed E-state index contributed by atoms with van der Waals surface area (Å²) in [6.45, 7) is 3.22. The average molecular weight is 412 g/mol. The maximum atomic E-state index is 13.5. The van der Waals surface area contributed by atoms with E-state index < -0.39 is 5.92 Å². The van der Waals surface area contributed by atoms with E-state index in [9.17, 15) is 14.7 Å². The Hall–Kier alpha value is -2.64. The minimum absolute atomic E-state index is 0.0881. The number of hydrogen-bond acceptors (Lipinski definition) is 6. The van der Waals surface area contributed by atoms with Crippen LogP contribution in [0.4, 0.5) is 0 Å². The predicted octanol–water partition coefficient (Wildman–Crippen LogP) is 2.07. The predicted molar refractivity (Wildman–Crippen MR) is 112 cm³/mol. The average Bonchev–Trinajstić information content (AvgIpc) is 2.98. The Kier molecular flexibility index (Phi) is 5.66. The highest BCUT2D eigenvalue weighted by atomic mass is 16.5. The smallest absolute Gasteiger partial charge is 0.311 e. The van der Waals surface area contributed by atoms with Crippen molar-refractivity contribution in [2.75, 3.05) is 27.4 Å². The monoisotopic (exact) mass is 412 g/mol. The van der Waals surface area contributed by atoms with Crippen LogP contribution in [-0.2, 0) is 16.1 Å². The third-order valence-electron chi connectivity index (χ3n) is 6.51. The van der Waals surface area contributed by atoms with Gasteiger partial charge in [-0.15, -0.1) is 0 Å². The SMILES string of the molecule is CCCN1[C@@H]2c3ccc(-c4cccc(OC)c4)c(=O)n3C[C@H]1[C@H](CO)[C@H]2C(=O)OC. The number of hydrogen-bond donors (Lipinski definition) is 1. The zero-order chi connectivity index (χ0) is 21.4. The number of rotatable bonds is 6. The van der Waals surface area contributed by atoms with Crippen molar-refractivity contribution in [3.05, 3.63) is 52.4 Å². The number of benzene rings is 1. The molecule has 2 aliphatic rings. The van der Waals surface area contributed by atoms with Crippen LogP contribution in [0.2, 0.25) is 0 Å². The fourth-order valence-electron chi connectivity index (χ4n) is 5.20. The minimum atomic E-state index is -0.493. The minimum Gasteiger partial charge on any atom is -0.497 e. The Morgan fingerprint density at radius 3 is 2.70 bits per heavy atom. The topological polar surface area (TPSA) is 81.0 Å². The highest BCUT2D eigenvalue weighted by Crippen LogP contribution is 2.48. The zero-order valence-electron chi connectivity index (χ0n) is 17.6. The fraction of sp³-hybridized carbons (Fsp3) is 0.478. The van der Waals surface area contributed by atoms with Crippen LogP contribution in [0, 0.1) is 11.8 Å². The second kappa shape index (κ2) is 8.24. The third kappa shape index (κ3) is 3.13. The summed E-state index contributed by atoms with van der Waals surface area (Å²) in [6.07, 6.45) is 0.922. The molecule has 0 unspecified atom stereocenters. The van der Waals surface area contributed by atoms with Gasteiger partial charge < -0.3 is 19.1 Å². The molecule has 4 atom stereocenters. The summed E-state index contributed by atoms with van der Waals surface area (Å²) >= 11 is 0. The zero-order valence-corrected chi connectivity index (χ0v) is 17.6. The highest BCUT2D eigenvalue weighted by molar-refractivity contribution is 5.75. The van der Waals surface area contributed by atoms with Crippen molar-refractivity contribution in [1.29, 1.82) is 0 Å². The summed E-state index contributed by atoms with van der Waals surface area (Å²) in [4.78, 5) is 28.4. The molecule has 0 aliphatic carbocycles. The third-order valence-corrected chi connectivity index (χ3v) is 6.51. The Balaban J connectivity index is 1.85. The van der Waals surface area contributed by atoms with Crippen molar-refractivity contribution in [2.45, 2.75) is 32.0 Å². The number of ether oxygens (including phenoxy) is 2. The molecule has 2 aromatic rings. The van der Waals surface area contributed by atoms with Crippen LogP contribution in [0.25, 0.3) is 11.1 Å². The van der Waals surface area contributed by atoms with Gasteiger partial charge in [0.25, 0.3) is 5.56 Å². The number of aliphatic hydroxyl groups is 1. The van der Waals surface area contributed by atoms with Crippen molar-refractivity contribution in [1.82, 2.24) is 9.47 Å².